The normalized spacial score (nSPS) is 50.0. The van der Waals surface area contributed by atoms with Crippen molar-refractivity contribution in [3.8, 4) is 0 Å². The Hall–Kier alpha value is -0.280. The molecule has 3 aliphatic rings. The first-order valence-electron chi connectivity index (χ1n) is 5.82. The zero-order valence-electron chi connectivity index (χ0n) is 8.69. The summed E-state index contributed by atoms with van der Waals surface area (Å²) >= 11 is 6.18. The van der Waals surface area contributed by atoms with E-state index in [0.29, 0.717) is 11.8 Å². The van der Waals surface area contributed by atoms with E-state index in [9.17, 15) is 5.11 Å². The number of hydrogen-bond donors (Lipinski definition) is 2. The lowest BCUT2D eigenvalue weighted by Crippen LogP contribution is -2.51. The molecule has 2 saturated carbocycles. The maximum Gasteiger partial charge on any atom is 0.129 e. The maximum absolute atomic E-state index is 10.7. The summed E-state index contributed by atoms with van der Waals surface area (Å²) in [6.45, 7) is 0. The highest BCUT2D eigenvalue weighted by Crippen LogP contribution is 2.52. The molecule has 1 aliphatic heterocycles. The first-order chi connectivity index (χ1) is 7.12. The van der Waals surface area contributed by atoms with Gasteiger partial charge in [-0.25, -0.2) is 0 Å². The molecule has 4 unspecified atom stereocenters. The highest BCUT2D eigenvalue weighted by atomic mass is 35.5. The standard InChI is InChI=1S/C11H17ClN2O/c12-7-3-4-9-8(5-7)11(15,6-1-2-6)10(13)14-9/h6-9,15H,1-5H2,(H2,13,14). The van der Waals surface area contributed by atoms with Crippen LogP contribution in [0.3, 0.4) is 0 Å². The van der Waals surface area contributed by atoms with E-state index in [1.807, 2.05) is 0 Å². The molecule has 0 aromatic carbocycles. The quantitative estimate of drug-likeness (QED) is 0.665. The summed E-state index contributed by atoms with van der Waals surface area (Å²) in [6.07, 6.45) is 5.02. The molecule has 0 aromatic heterocycles. The molecule has 2 fully saturated rings. The molecule has 1 heterocycles. The van der Waals surface area contributed by atoms with Crippen LogP contribution < -0.4 is 5.73 Å². The zero-order valence-corrected chi connectivity index (χ0v) is 9.45. The molecule has 0 aromatic rings. The number of nitrogens with zero attached hydrogens (tertiary/aromatic N) is 1. The minimum absolute atomic E-state index is 0.182. The van der Waals surface area contributed by atoms with Crippen molar-refractivity contribution in [2.45, 2.75) is 49.1 Å². The number of hydrogen-bond acceptors (Lipinski definition) is 3. The third-order valence-corrected chi connectivity index (χ3v) is 4.63. The second-order valence-electron chi connectivity index (χ2n) is 5.20. The summed E-state index contributed by atoms with van der Waals surface area (Å²) in [5.74, 6) is 1.00. The number of rotatable bonds is 1. The molecule has 15 heavy (non-hydrogen) atoms. The van der Waals surface area contributed by atoms with Gasteiger partial charge in [-0.2, -0.15) is 0 Å². The van der Waals surface area contributed by atoms with Crippen molar-refractivity contribution in [2.24, 2.45) is 22.6 Å². The smallest absolute Gasteiger partial charge is 0.129 e. The highest BCUT2D eigenvalue weighted by Gasteiger charge is 2.58. The minimum atomic E-state index is -0.821. The second kappa shape index (κ2) is 3.11. The lowest BCUT2D eigenvalue weighted by Gasteiger charge is -2.36. The third kappa shape index (κ3) is 1.32. The van der Waals surface area contributed by atoms with Gasteiger partial charge in [-0.1, -0.05) is 0 Å². The van der Waals surface area contributed by atoms with E-state index in [0.717, 1.165) is 32.1 Å². The summed E-state index contributed by atoms with van der Waals surface area (Å²) in [6, 6.07) is 0.227. The van der Waals surface area contributed by atoms with Crippen LogP contribution in [0.15, 0.2) is 4.99 Å². The molecule has 3 N–H and O–H groups in total. The summed E-state index contributed by atoms with van der Waals surface area (Å²) in [7, 11) is 0. The van der Waals surface area contributed by atoms with Crippen molar-refractivity contribution in [1.29, 1.82) is 0 Å². The first kappa shape index (κ1) is 9.91. The second-order valence-corrected chi connectivity index (χ2v) is 5.82. The Morgan fingerprint density at radius 2 is 2.07 bits per heavy atom. The fourth-order valence-electron chi connectivity index (χ4n) is 3.24. The molecule has 0 amide bonds. The first-order valence-corrected chi connectivity index (χ1v) is 6.26. The average Bonchev–Trinajstić information content (AvgIpc) is 3.00. The van der Waals surface area contributed by atoms with Crippen LogP contribution in [0.2, 0.25) is 0 Å². The Kier molecular flexibility index (Phi) is 2.05. The van der Waals surface area contributed by atoms with E-state index in [2.05, 4.69) is 4.99 Å². The Labute approximate surface area is 94.7 Å². The van der Waals surface area contributed by atoms with Gasteiger partial charge in [-0.05, 0) is 38.0 Å². The summed E-state index contributed by atoms with van der Waals surface area (Å²) in [5, 5.41) is 10.9. The van der Waals surface area contributed by atoms with Crippen molar-refractivity contribution in [3.05, 3.63) is 0 Å². The van der Waals surface area contributed by atoms with E-state index in [1.165, 1.54) is 0 Å². The molecule has 0 saturated heterocycles. The Morgan fingerprint density at radius 1 is 1.33 bits per heavy atom. The average molecular weight is 229 g/mol. The highest BCUT2D eigenvalue weighted by molar-refractivity contribution is 6.20. The van der Waals surface area contributed by atoms with Gasteiger partial charge in [-0.15, -0.1) is 11.6 Å². The molecule has 4 atom stereocenters. The number of alkyl halides is 1. The number of nitrogens with two attached hydrogens (primary N) is 1. The van der Waals surface area contributed by atoms with E-state index < -0.39 is 5.60 Å². The fourth-order valence-corrected chi connectivity index (χ4v) is 3.56. The number of amidine groups is 1. The molecular weight excluding hydrogens is 212 g/mol. The van der Waals surface area contributed by atoms with Crippen LogP contribution in [0.5, 0.6) is 0 Å². The summed E-state index contributed by atoms with van der Waals surface area (Å²) in [4.78, 5) is 4.45. The molecule has 84 valence electrons. The van der Waals surface area contributed by atoms with Crippen LogP contribution in [0.4, 0.5) is 0 Å². The Balaban J connectivity index is 1.90. The van der Waals surface area contributed by atoms with Crippen molar-refractivity contribution in [2.75, 3.05) is 0 Å². The van der Waals surface area contributed by atoms with Gasteiger partial charge in [0.1, 0.15) is 11.4 Å². The number of fused-ring (bicyclic) bond motifs is 1. The predicted octanol–water partition coefficient (Wildman–Crippen LogP) is 1.27. The van der Waals surface area contributed by atoms with Crippen LogP contribution in [-0.4, -0.2) is 28.0 Å². The van der Waals surface area contributed by atoms with E-state index in [4.69, 9.17) is 17.3 Å². The Bertz CT molecular complexity index is 316. The van der Waals surface area contributed by atoms with Gasteiger partial charge in [0.25, 0.3) is 0 Å². The lowest BCUT2D eigenvalue weighted by atomic mass is 9.73. The van der Waals surface area contributed by atoms with Gasteiger partial charge in [0, 0.05) is 11.3 Å². The molecule has 4 heteroatoms. The van der Waals surface area contributed by atoms with Crippen molar-refractivity contribution in [1.82, 2.24) is 0 Å². The number of aliphatic hydroxyl groups is 1. The van der Waals surface area contributed by atoms with Crippen molar-refractivity contribution < 1.29 is 5.11 Å². The van der Waals surface area contributed by atoms with Gasteiger partial charge in [0.05, 0.1) is 6.04 Å². The SMILES string of the molecule is NC1=NC2CCC(Cl)CC2C1(O)C1CC1. The lowest BCUT2D eigenvalue weighted by molar-refractivity contribution is 0.0154. The van der Waals surface area contributed by atoms with Crippen molar-refractivity contribution in [3.63, 3.8) is 0 Å². The van der Waals surface area contributed by atoms with Crippen LogP contribution in [0.25, 0.3) is 0 Å². The van der Waals surface area contributed by atoms with E-state index in [-0.39, 0.29) is 17.3 Å². The maximum atomic E-state index is 10.7. The van der Waals surface area contributed by atoms with Gasteiger partial charge in [0.2, 0.25) is 0 Å². The molecule has 3 nitrogen and oxygen atoms in total. The van der Waals surface area contributed by atoms with Crippen LogP contribution >= 0.6 is 11.6 Å². The predicted molar refractivity (Wildman–Crippen MR) is 60.1 cm³/mol. The van der Waals surface area contributed by atoms with Gasteiger partial charge >= 0.3 is 0 Å². The monoisotopic (exact) mass is 228 g/mol. The van der Waals surface area contributed by atoms with E-state index >= 15 is 0 Å². The molecule has 2 aliphatic carbocycles. The Morgan fingerprint density at radius 3 is 2.73 bits per heavy atom. The fraction of sp³-hybridized carbons (Fsp3) is 0.909. The molecule has 0 spiro atoms. The van der Waals surface area contributed by atoms with Gasteiger partial charge in [0.15, 0.2) is 0 Å². The number of halogens is 1. The molecule has 3 rings (SSSR count). The van der Waals surface area contributed by atoms with E-state index in [1.54, 1.807) is 0 Å². The molecule has 0 bridgehead atoms. The van der Waals surface area contributed by atoms with Crippen LogP contribution in [0.1, 0.15) is 32.1 Å². The largest absolute Gasteiger partial charge is 0.385 e. The van der Waals surface area contributed by atoms with Crippen LogP contribution in [0, 0.1) is 11.8 Å². The summed E-state index contributed by atoms with van der Waals surface area (Å²) in [5.41, 5.74) is 5.10. The molecule has 0 radical (unpaired) electrons. The van der Waals surface area contributed by atoms with Crippen LogP contribution in [-0.2, 0) is 0 Å². The summed E-state index contributed by atoms with van der Waals surface area (Å²) < 4.78 is 0. The minimum Gasteiger partial charge on any atom is -0.385 e. The third-order valence-electron chi connectivity index (χ3n) is 4.23. The number of aliphatic imine (C=N–C) groups is 1. The van der Waals surface area contributed by atoms with Gasteiger partial charge < -0.3 is 10.8 Å². The topological polar surface area (TPSA) is 58.6 Å². The molecular formula is C11H17ClN2O. The van der Waals surface area contributed by atoms with Gasteiger partial charge in [-0.3, -0.25) is 4.99 Å². The van der Waals surface area contributed by atoms with Crippen molar-refractivity contribution >= 4 is 17.4 Å². The zero-order chi connectivity index (χ0) is 10.6.